The summed E-state index contributed by atoms with van der Waals surface area (Å²) >= 11 is 0. The van der Waals surface area contributed by atoms with E-state index in [1.807, 2.05) is 48.2 Å². The van der Waals surface area contributed by atoms with Crippen molar-refractivity contribution in [1.29, 1.82) is 0 Å². The fourth-order valence-corrected chi connectivity index (χ4v) is 2.20. The summed E-state index contributed by atoms with van der Waals surface area (Å²) < 4.78 is 0. The van der Waals surface area contributed by atoms with E-state index < -0.39 is 0 Å². The average Bonchev–Trinajstić information content (AvgIpc) is 2.38. The number of hydrogen-bond donors (Lipinski definition) is 1. The first-order chi connectivity index (χ1) is 8.58. The molecule has 4 nitrogen and oxygen atoms in total. The first kappa shape index (κ1) is 12.9. The van der Waals surface area contributed by atoms with E-state index >= 15 is 0 Å². The first-order valence-corrected chi connectivity index (χ1v) is 6.38. The van der Waals surface area contributed by atoms with Crippen LogP contribution in [0.2, 0.25) is 0 Å². The quantitative estimate of drug-likeness (QED) is 0.852. The molecule has 1 aliphatic heterocycles. The van der Waals surface area contributed by atoms with Gasteiger partial charge in [0.15, 0.2) is 0 Å². The van der Waals surface area contributed by atoms with E-state index in [0.717, 1.165) is 30.9 Å². The van der Waals surface area contributed by atoms with E-state index in [1.54, 1.807) is 0 Å². The van der Waals surface area contributed by atoms with E-state index in [1.165, 1.54) is 0 Å². The zero-order valence-corrected chi connectivity index (χ0v) is 11.3. The van der Waals surface area contributed by atoms with Gasteiger partial charge in [0.05, 0.1) is 0 Å². The zero-order valence-electron chi connectivity index (χ0n) is 11.3. The van der Waals surface area contributed by atoms with Crippen LogP contribution in [-0.4, -0.2) is 50.6 Å². The van der Waals surface area contributed by atoms with Crippen molar-refractivity contribution in [2.24, 2.45) is 0 Å². The molecule has 0 bridgehead atoms. The molecule has 1 aromatic carbocycles. The lowest BCUT2D eigenvalue weighted by molar-refractivity contribution is 0.0709. The number of carbonyl (C=O) groups excluding carboxylic acids is 1. The number of hydrogen-bond acceptors (Lipinski definition) is 3. The molecule has 1 N–H and O–H groups in total. The Kier molecular flexibility index (Phi) is 3.87. The number of carbonyl (C=O) groups is 1. The predicted molar refractivity (Wildman–Crippen MR) is 74.1 cm³/mol. The van der Waals surface area contributed by atoms with Crippen LogP contribution in [0.3, 0.4) is 0 Å². The van der Waals surface area contributed by atoms with Crippen molar-refractivity contribution in [3.05, 3.63) is 29.8 Å². The van der Waals surface area contributed by atoms with Gasteiger partial charge in [0.25, 0.3) is 5.91 Å². The topological polar surface area (TPSA) is 35.6 Å². The Morgan fingerprint density at radius 3 is 2.56 bits per heavy atom. The Balaban J connectivity index is 2.08. The summed E-state index contributed by atoms with van der Waals surface area (Å²) in [5, 5.41) is 3.34. The van der Waals surface area contributed by atoms with Crippen molar-refractivity contribution in [3.63, 3.8) is 0 Å². The minimum atomic E-state index is 0.133. The van der Waals surface area contributed by atoms with E-state index in [0.29, 0.717) is 6.04 Å². The van der Waals surface area contributed by atoms with Gasteiger partial charge in [0.1, 0.15) is 0 Å². The van der Waals surface area contributed by atoms with Gasteiger partial charge in [-0.25, -0.2) is 0 Å². The van der Waals surface area contributed by atoms with Crippen molar-refractivity contribution in [2.45, 2.75) is 13.0 Å². The molecule has 1 aromatic rings. The summed E-state index contributed by atoms with van der Waals surface area (Å²) in [4.78, 5) is 16.3. The van der Waals surface area contributed by atoms with Gasteiger partial charge in [-0.2, -0.15) is 0 Å². The van der Waals surface area contributed by atoms with Crippen LogP contribution in [0.5, 0.6) is 0 Å². The molecule has 1 saturated heterocycles. The molecule has 1 aliphatic rings. The Morgan fingerprint density at radius 1 is 1.33 bits per heavy atom. The Hall–Kier alpha value is -1.55. The number of amides is 1. The third-order valence-corrected chi connectivity index (χ3v) is 3.29. The van der Waals surface area contributed by atoms with Crippen molar-refractivity contribution in [3.8, 4) is 0 Å². The molecule has 1 fully saturated rings. The molecule has 1 heterocycles. The highest BCUT2D eigenvalue weighted by Crippen LogP contribution is 2.14. The first-order valence-electron chi connectivity index (χ1n) is 6.38. The van der Waals surface area contributed by atoms with Gasteiger partial charge >= 0.3 is 0 Å². The third-order valence-electron chi connectivity index (χ3n) is 3.29. The number of benzene rings is 1. The highest BCUT2D eigenvalue weighted by molar-refractivity contribution is 5.94. The summed E-state index contributed by atoms with van der Waals surface area (Å²) in [5.74, 6) is 0.133. The van der Waals surface area contributed by atoms with Crippen molar-refractivity contribution >= 4 is 11.6 Å². The second-order valence-corrected chi connectivity index (χ2v) is 5.05. The number of nitrogens with one attached hydrogen (secondary N) is 1. The van der Waals surface area contributed by atoms with Crippen molar-refractivity contribution in [1.82, 2.24) is 10.2 Å². The number of nitrogens with zero attached hydrogens (tertiary/aromatic N) is 2. The monoisotopic (exact) mass is 247 g/mol. The molecule has 2 rings (SSSR count). The Bertz CT molecular complexity index is 414. The van der Waals surface area contributed by atoms with Crippen LogP contribution in [0.15, 0.2) is 24.3 Å². The van der Waals surface area contributed by atoms with Gasteiger partial charge in [0.2, 0.25) is 0 Å². The molecule has 0 aliphatic carbocycles. The van der Waals surface area contributed by atoms with Crippen molar-refractivity contribution in [2.75, 3.05) is 38.6 Å². The van der Waals surface area contributed by atoms with Crippen LogP contribution in [0, 0.1) is 0 Å². The second-order valence-electron chi connectivity index (χ2n) is 5.05. The van der Waals surface area contributed by atoms with Crippen LogP contribution in [0.4, 0.5) is 5.69 Å². The molecule has 0 aromatic heterocycles. The molecule has 4 heteroatoms. The third kappa shape index (κ3) is 2.82. The zero-order chi connectivity index (χ0) is 13.1. The van der Waals surface area contributed by atoms with Crippen LogP contribution in [0.25, 0.3) is 0 Å². The number of anilines is 1. The second kappa shape index (κ2) is 5.40. The lowest BCUT2D eigenvalue weighted by Gasteiger charge is -2.32. The van der Waals surface area contributed by atoms with Crippen LogP contribution < -0.4 is 10.2 Å². The standard InChI is InChI=1S/C14H21N3O/c1-11-10-17(9-8-15-11)14(18)12-4-6-13(7-5-12)16(2)3/h4-7,11,15H,8-10H2,1-3H3/t11-/m1/s1. The van der Waals surface area contributed by atoms with Gasteiger partial charge < -0.3 is 15.1 Å². The van der Waals surface area contributed by atoms with Gasteiger partial charge in [-0.3, -0.25) is 4.79 Å². The maximum absolute atomic E-state index is 12.3. The average molecular weight is 247 g/mol. The molecule has 0 saturated carbocycles. The molecule has 1 atom stereocenters. The lowest BCUT2D eigenvalue weighted by atomic mass is 10.1. The van der Waals surface area contributed by atoms with E-state index in [-0.39, 0.29) is 5.91 Å². The highest BCUT2D eigenvalue weighted by Gasteiger charge is 2.21. The Morgan fingerprint density at radius 2 is 2.00 bits per heavy atom. The maximum Gasteiger partial charge on any atom is 0.253 e. The molecule has 0 radical (unpaired) electrons. The fraction of sp³-hybridized carbons (Fsp3) is 0.500. The molecular weight excluding hydrogens is 226 g/mol. The molecule has 98 valence electrons. The minimum absolute atomic E-state index is 0.133. The van der Waals surface area contributed by atoms with Gasteiger partial charge in [0, 0.05) is 51.0 Å². The summed E-state index contributed by atoms with van der Waals surface area (Å²) in [6.45, 7) is 4.56. The van der Waals surface area contributed by atoms with Crippen molar-refractivity contribution < 1.29 is 4.79 Å². The smallest absolute Gasteiger partial charge is 0.253 e. The molecular formula is C14H21N3O. The van der Waals surface area contributed by atoms with Crippen LogP contribution in [-0.2, 0) is 0 Å². The summed E-state index contributed by atoms with van der Waals surface area (Å²) in [6, 6.07) is 8.16. The summed E-state index contributed by atoms with van der Waals surface area (Å²) in [5.41, 5.74) is 1.88. The van der Waals surface area contributed by atoms with E-state index in [4.69, 9.17) is 0 Å². The van der Waals surface area contributed by atoms with Gasteiger partial charge in [-0.05, 0) is 31.2 Å². The summed E-state index contributed by atoms with van der Waals surface area (Å²) in [6.07, 6.45) is 0. The highest BCUT2D eigenvalue weighted by atomic mass is 16.2. The SMILES string of the molecule is C[C@@H]1CN(C(=O)c2ccc(N(C)C)cc2)CCN1. The molecule has 18 heavy (non-hydrogen) atoms. The van der Waals surface area contributed by atoms with Crippen LogP contribution in [0.1, 0.15) is 17.3 Å². The molecule has 0 spiro atoms. The van der Waals surface area contributed by atoms with Crippen LogP contribution >= 0.6 is 0 Å². The number of piperazine rings is 1. The number of rotatable bonds is 2. The normalized spacial score (nSPS) is 19.7. The molecule has 0 unspecified atom stereocenters. The fourth-order valence-electron chi connectivity index (χ4n) is 2.20. The van der Waals surface area contributed by atoms with Gasteiger partial charge in [-0.1, -0.05) is 0 Å². The lowest BCUT2D eigenvalue weighted by Crippen LogP contribution is -2.51. The molecule has 1 amide bonds. The predicted octanol–water partition coefficient (Wildman–Crippen LogP) is 1.19. The summed E-state index contributed by atoms with van der Waals surface area (Å²) in [7, 11) is 3.99. The maximum atomic E-state index is 12.3. The van der Waals surface area contributed by atoms with E-state index in [2.05, 4.69) is 12.2 Å². The largest absolute Gasteiger partial charge is 0.378 e. The van der Waals surface area contributed by atoms with E-state index in [9.17, 15) is 4.79 Å². The Labute approximate surface area is 109 Å². The van der Waals surface area contributed by atoms with Gasteiger partial charge in [-0.15, -0.1) is 0 Å². The minimum Gasteiger partial charge on any atom is -0.378 e.